The molecule has 1 aliphatic carbocycles. The van der Waals surface area contributed by atoms with Gasteiger partial charge in [-0.15, -0.1) is 0 Å². The van der Waals surface area contributed by atoms with E-state index in [1.165, 1.54) is 83.3 Å². The molecule has 0 radical (unpaired) electrons. The zero-order chi connectivity index (χ0) is 39.9. The molecule has 1 aliphatic rings. The minimum absolute atomic E-state index is 0.0934. The van der Waals surface area contributed by atoms with Gasteiger partial charge in [0.2, 0.25) is 0 Å². The molecular weight excluding hydrogens is 731 g/mol. The second-order valence-electron chi connectivity index (χ2n) is 18.0. The Kier molecular flexibility index (Phi) is 8.06. The molecule has 2 nitrogen and oxygen atoms in total. The molecule has 3 heteroatoms. The molecule has 0 aliphatic heterocycles. The number of para-hydroxylation sites is 2. The zero-order valence-corrected chi connectivity index (χ0v) is 35.2. The molecule has 0 N–H and O–H groups in total. The van der Waals surface area contributed by atoms with E-state index >= 15 is 0 Å². The Balaban J connectivity index is 1.14. The third kappa shape index (κ3) is 5.52. The first-order valence-corrected chi connectivity index (χ1v) is 23.0. The lowest BCUT2D eigenvalue weighted by Crippen LogP contribution is -2.75. The molecule has 0 bridgehead atoms. The number of aromatic nitrogens is 1. The molecule has 10 aromatic rings. The molecule has 0 atom stereocenters. The van der Waals surface area contributed by atoms with Crippen LogP contribution in [0.15, 0.2) is 192 Å². The summed E-state index contributed by atoms with van der Waals surface area (Å²) >= 11 is 0. The normalized spacial score (nSPS) is 14.9. The maximum atomic E-state index is 6.18. The molecule has 59 heavy (non-hydrogen) atoms. The van der Waals surface area contributed by atoms with Gasteiger partial charge in [0, 0.05) is 27.2 Å². The van der Waals surface area contributed by atoms with Gasteiger partial charge in [-0.05, 0) is 115 Å². The summed E-state index contributed by atoms with van der Waals surface area (Å²) in [6.07, 6.45) is 2.38. The summed E-state index contributed by atoms with van der Waals surface area (Å²) < 4.78 is 8.67. The molecular formula is C56H47NOSi. The largest absolute Gasteiger partial charge is 0.456 e. The van der Waals surface area contributed by atoms with Gasteiger partial charge in [0.1, 0.15) is 11.2 Å². The summed E-state index contributed by atoms with van der Waals surface area (Å²) in [7, 11) is -2.86. The standard InChI is InChI=1S/C56H47NOSi/c1-55(2)32-33-56(3,4)50-37-44(28-29-49(50)55)59(41-17-7-5-8-18-41,42-19-9-6-10-20-42)43-21-15-16-40(36-43)57-51-24-13-11-22-45(51)47-34-38(26-30-52(47)57)39-27-31-54-48(35-39)46-23-12-14-25-53(46)58-54/h5-31,34-37H,32-33H2,1-4H3. The summed E-state index contributed by atoms with van der Waals surface area (Å²) in [5.41, 5.74) is 11.0. The van der Waals surface area contributed by atoms with E-state index in [2.05, 4.69) is 208 Å². The van der Waals surface area contributed by atoms with Crippen molar-refractivity contribution in [2.75, 3.05) is 0 Å². The van der Waals surface area contributed by atoms with Crippen molar-refractivity contribution in [2.45, 2.75) is 51.4 Å². The number of hydrogen-bond acceptors (Lipinski definition) is 1. The molecule has 0 saturated carbocycles. The Morgan fingerprint density at radius 3 is 1.71 bits per heavy atom. The molecule has 0 spiro atoms. The second kappa shape index (κ2) is 13.3. The molecule has 11 rings (SSSR count). The lowest BCUT2D eigenvalue weighted by Gasteiger charge is -2.43. The molecule has 0 amide bonds. The molecule has 0 unspecified atom stereocenters. The monoisotopic (exact) mass is 777 g/mol. The third-order valence-electron chi connectivity index (χ3n) is 13.6. The Morgan fingerprint density at radius 1 is 0.407 bits per heavy atom. The lowest BCUT2D eigenvalue weighted by molar-refractivity contribution is 0.332. The fourth-order valence-electron chi connectivity index (χ4n) is 10.4. The van der Waals surface area contributed by atoms with Gasteiger partial charge in [-0.3, -0.25) is 0 Å². The van der Waals surface area contributed by atoms with Crippen LogP contribution in [-0.4, -0.2) is 12.6 Å². The highest BCUT2D eigenvalue weighted by atomic mass is 28.3. The molecule has 2 aromatic heterocycles. The Morgan fingerprint density at radius 2 is 0.966 bits per heavy atom. The number of benzene rings is 8. The van der Waals surface area contributed by atoms with Gasteiger partial charge in [0.25, 0.3) is 0 Å². The minimum atomic E-state index is -2.86. The van der Waals surface area contributed by atoms with Crippen LogP contribution in [0.2, 0.25) is 0 Å². The average Bonchev–Trinajstić information content (AvgIpc) is 3.82. The van der Waals surface area contributed by atoms with Crippen molar-refractivity contribution in [2.24, 2.45) is 0 Å². The van der Waals surface area contributed by atoms with E-state index in [1.54, 1.807) is 0 Å². The Bertz CT molecular complexity index is 3180. The highest BCUT2D eigenvalue weighted by molar-refractivity contribution is 7.19. The number of furan rings is 1. The summed E-state index contributed by atoms with van der Waals surface area (Å²) in [5, 5.41) is 10.4. The van der Waals surface area contributed by atoms with Crippen molar-refractivity contribution in [3.8, 4) is 16.8 Å². The Labute approximate surface area is 347 Å². The highest BCUT2D eigenvalue weighted by Gasteiger charge is 2.44. The van der Waals surface area contributed by atoms with Gasteiger partial charge in [0.05, 0.1) is 11.0 Å². The van der Waals surface area contributed by atoms with Crippen molar-refractivity contribution in [1.82, 2.24) is 4.57 Å². The van der Waals surface area contributed by atoms with Crippen molar-refractivity contribution in [1.29, 1.82) is 0 Å². The van der Waals surface area contributed by atoms with Crippen LogP contribution in [0.25, 0.3) is 60.6 Å². The van der Waals surface area contributed by atoms with Gasteiger partial charge in [-0.2, -0.15) is 0 Å². The topological polar surface area (TPSA) is 18.1 Å². The quantitative estimate of drug-likeness (QED) is 0.121. The SMILES string of the molecule is CC1(C)CCC(C)(C)c2cc([Si](c3ccccc3)(c3ccccc3)c3cccc(-n4c5ccccc5c5cc(-c6ccc7oc8ccccc8c7c6)ccc54)c3)ccc21. The first-order chi connectivity index (χ1) is 28.7. The van der Waals surface area contributed by atoms with E-state index in [-0.39, 0.29) is 10.8 Å². The Hall–Kier alpha value is -6.42. The third-order valence-corrected chi connectivity index (χ3v) is 18.4. The predicted molar refractivity (Wildman–Crippen MR) is 252 cm³/mol. The molecule has 2 heterocycles. The first-order valence-electron chi connectivity index (χ1n) is 21.0. The van der Waals surface area contributed by atoms with Crippen LogP contribution in [0, 0.1) is 0 Å². The van der Waals surface area contributed by atoms with Gasteiger partial charge in [-0.25, -0.2) is 0 Å². The fraction of sp³-hybridized carbons (Fsp3) is 0.143. The van der Waals surface area contributed by atoms with E-state index in [0.29, 0.717) is 0 Å². The summed E-state index contributed by atoms with van der Waals surface area (Å²) in [4.78, 5) is 0. The lowest BCUT2D eigenvalue weighted by atomic mass is 9.63. The average molecular weight is 778 g/mol. The zero-order valence-electron chi connectivity index (χ0n) is 34.2. The van der Waals surface area contributed by atoms with E-state index in [4.69, 9.17) is 4.42 Å². The van der Waals surface area contributed by atoms with Crippen molar-refractivity contribution < 1.29 is 4.42 Å². The molecule has 0 fully saturated rings. The van der Waals surface area contributed by atoms with E-state index < -0.39 is 8.07 Å². The van der Waals surface area contributed by atoms with E-state index in [0.717, 1.165) is 21.9 Å². The van der Waals surface area contributed by atoms with Crippen LogP contribution in [0.5, 0.6) is 0 Å². The van der Waals surface area contributed by atoms with Gasteiger partial charge in [0.15, 0.2) is 8.07 Å². The number of nitrogens with zero attached hydrogens (tertiary/aromatic N) is 1. The predicted octanol–water partition coefficient (Wildman–Crippen LogP) is 12.1. The second-order valence-corrected chi connectivity index (χ2v) is 21.8. The first kappa shape index (κ1) is 35.7. The maximum Gasteiger partial charge on any atom is 0.179 e. The summed E-state index contributed by atoms with van der Waals surface area (Å²) in [6, 6.07) is 70.7. The van der Waals surface area contributed by atoms with Crippen LogP contribution in [-0.2, 0) is 10.8 Å². The van der Waals surface area contributed by atoms with E-state index in [9.17, 15) is 0 Å². The van der Waals surface area contributed by atoms with Crippen molar-refractivity contribution in [3.05, 3.63) is 199 Å². The molecule has 0 saturated heterocycles. The smallest absolute Gasteiger partial charge is 0.179 e. The van der Waals surface area contributed by atoms with Crippen LogP contribution in [0.4, 0.5) is 0 Å². The highest BCUT2D eigenvalue weighted by Crippen LogP contribution is 2.45. The summed E-state index contributed by atoms with van der Waals surface area (Å²) in [6.45, 7) is 9.76. The molecule has 286 valence electrons. The van der Waals surface area contributed by atoms with Crippen LogP contribution < -0.4 is 20.7 Å². The molecule has 8 aromatic carbocycles. The fourth-order valence-corrected chi connectivity index (χ4v) is 15.2. The van der Waals surface area contributed by atoms with Gasteiger partial charge in [-0.1, -0.05) is 167 Å². The van der Waals surface area contributed by atoms with Gasteiger partial charge >= 0.3 is 0 Å². The number of rotatable bonds is 6. The number of hydrogen-bond donors (Lipinski definition) is 0. The summed E-state index contributed by atoms with van der Waals surface area (Å²) in [5.74, 6) is 0. The van der Waals surface area contributed by atoms with Gasteiger partial charge < -0.3 is 8.98 Å². The minimum Gasteiger partial charge on any atom is -0.456 e. The van der Waals surface area contributed by atoms with Crippen molar-refractivity contribution >= 4 is 72.6 Å². The van der Waals surface area contributed by atoms with Crippen LogP contribution in [0.1, 0.15) is 51.7 Å². The number of fused-ring (bicyclic) bond motifs is 7. The van der Waals surface area contributed by atoms with Crippen molar-refractivity contribution in [3.63, 3.8) is 0 Å². The maximum absolute atomic E-state index is 6.18. The van der Waals surface area contributed by atoms with E-state index in [1.807, 2.05) is 12.1 Å². The van der Waals surface area contributed by atoms with Crippen LogP contribution in [0.3, 0.4) is 0 Å². The van der Waals surface area contributed by atoms with Crippen LogP contribution >= 0.6 is 0 Å².